The van der Waals surface area contributed by atoms with E-state index in [2.05, 4.69) is 4.98 Å². The number of nitrogens with two attached hydrogens (primary N) is 1. The lowest BCUT2D eigenvalue weighted by atomic mass is 10.2. The van der Waals surface area contributed by atoms with Crippen LogP contribution in [0.15, 0.2) is 22.6 Å². The summed E-state index contributed by atoms with van der Waals surface area (Å²) in [4.78, 5) is 6.34. The number of oxazole rings is 1. The van der Waals surface area contributed by atoms with Crippen molar-refractivity contribution < 1.29 is 14.3 Å². The molecule has 6 heteroatoms. The van der Waals surface area contributed by atoms with Crippen molar-refractivity contribution in [3.63, 3.8) is 0 Å². The molecule has 1 fully saturated rings. The van der Waals surface area contributed by atoms with Gasteiger partial charge in [-0.1, -0.05) is 0 Å². The number of nitrogen functional groups attached to an aromatic ring is 1. The summed E-state index contributed by atoms with van der Waals surface area (Å²) < 4.78 is 11.0. The van der Waals surface area contributed by atoms with Gasteiger partial charge in [-0.15, -0.1) is 0 Å². The van der Waals surface area contributed by atoms with Gasteiger partial charge in [-0.2, -0.15) is 4.98 Å². The largest absolute Gasteiger partial charge is 0.423 e. The number of aliphatic hydroxyl groups is 1. The van der Waals surface area contributed by atoms with Gasteiger partial charge in [0.1, 0.15) is 5.52 Å². The zero-order chi connectivity index (χ0) is 12.5. The molecule has 0 bridgehead atoms. The van der Waals surface area contributed by atoms with Crippen LogP contribution in [-0.2, 0) is 4.74 Å². The van der Waals surface area contributed by atoms with Crippen molar-refractivity contribution in [2.75, 3.05) is 37.0 Å². The lowest BCUT2D eigenvalue weighted by Crippen LogP contribution is -2.47. The quantitative estimate of drug-likeness (QED) is 0.758. The lowest BCUT2D eigenvalue weighted by molar-refractivity contribution is 0.0700. The summed E-state index contributed by atoms with van der Waals surface area (Å²) in [6.45, 7) is 1.77. The Morgan fingerprint density at radius 3 is 3.22 bits per heavy atom. The zero-order valence-electron chi connectivity index (χ0n) is 9.87. The van der Waals surface area contributed by atoms with E-state index >= 15 is 0 Å². The summed E-state index contributed by atoms with van der Waals surface area (Å²) in [5.41, 5.74) is 7.77. The Hall–Kier alpha value is -1.79. The molecular weight excluding hydrogens is 234 g/mol. The number of benzene rings is 1. The van der Waals surface area contributed by atoms with Crippen LogP contribution in [0.1, 0.15) is 0 Å². The van der Waals surface area contributed by atoms with Crippen molar-refractivity contribution in [1.29, 1.82) is 0 Å². The second-order valence-corrected chi connectivity index (χ2v) is 4.33. The molecular formula is C12H15N3O3. The second kappa shape index (κ2) is 4.47. The zero-order valence-corrected chi connectivity index (χ0v) is 9.87. The monoisotopic (exact) mass is 249 g/mol. The van der Waals surface area contributed by atoms with Gasteiger partial charge in [0.2, 0.25) is 0 Å². The molecule has 1 aliphatic rings. The van der Waals surface area contributed by atoms with Crippen molar-refractivity contribution in [2.45, 2.75) is 6.04 Å². The minimum Gasteiger partial charge on any atom is -0.423 e. The van der Waals surface area contributed by atoms with Crippen LogP contribution in [0.25, 0.3) is 11.1 Å². The van der Waals surface area contributed by atoms with Crippen molar-refractivity contribution >= 4 is 22.8 Å². The summed E-state index contributed by atoms with van der Waals surface area (Å²) in [6, 6.07) is 5.77. The first-order chi connectivity index (χ1) is 8.78. The van der Waals surface area contributed by atoms with Crippen LogP contribution in [0.2, 0.25) is 0 Å². The van der Waals surface area contributed by atoms with E-state index in [4.69, 9.17) is 14.9 Å². The fourth-order valence-electron chi connectivity index (χ4n) is 2.11. The van der Waals surface area contributed by atoms with Gasteiger partial charge >= 0.3 is 0 Å². The number of fused-ring (bicyclic) bond motifs is 1. The maximum atomic E-state index is 9.33. The normalized spacial score (nSPS) is 20.5. The molecule has 3 rings (SSSR count). The standard InChI is InChI=1S/C12H15N3O3/c13-8-1-2-10-11(5-8)18-12(14-10)15-3-4-17-7-9(15)6-16/h1-2,5,9,16H,3-4,6-7,13H2. The Balaban J connectivity index is 1.97. The van der Waals surface area contributed by atoms with Gasteiger partial charge in [0.05, 0.1) is 25.9 Å². The van der Waals surface area contributed by atoms with Gasteiger partial charge in [0, 0.05) is 18.3 Å². The maximum Gasteiger partial charge on any atom is 0.298 e. The molecule has 1 saturated heterocycles. The molecule has 96 valence electrons. The summed E-state index contributed by atoms with van der Waals surface area (Å²) >= 11 is 0. The number of anilines is 2. The molecule has 0 aliphatic carbocycles. The smallest absolute Gasteiger partial charge is 0.298 e. The van der Waals surface area contributed by atoms with E-state index in [1.807, 2.05) is 11.0 Å². The fraction of sp³-hybridized carbons (Fsp3) is 0.417. The predicted molar refractivity (Wildman–Crippen MR) is 67.5 cm³/mol. The van der Waals surface area contributed by atoms with E-state index < -0.39 is 0 Å². The van der Waals surface area contributed by atoms with E-state index in [0.29, 0.717) is 37.0 Å². The third kappa shape index (κ3) is 1.89. The number of morpholine rings is 1. The number of aliphatic hydroxyl groups excluding tert-OH is 1. The average Bonchev–Trinajstić information content (AvgIpc) is 2.81. The van der Waals surface area contributed by atoms with Crippen LogP contribution in [0.3, 0.4) is 0 Å². The molecule has 1 atom stereocenters. The SMILES string of the molecule is Nc1ccc2nc(N3CCOCC3CO)oc2c1. The Morgan fingerprint density at radius 2 is 2.39 bits per heavy atom. The Kier molecular flexibility index (Phi) is 2.81. The molecule has 1 unspecified atom stereocenters. The number of hydrogen-bond donors (Lipinski definition) is 2. The van der Waals surface area contributed by atoms with E-state index in [-0.39, 0.29) is 12.6 Å². The van der Waals surface area contributed by atoms with E-state index in [1.165, 1.54) is 0 Å². The molecule has 2 aromatic rings. The topological polar surface area (TPSA) is 84.8 Å². The number of nitrogens with zero attached hydrogens (tertiary/aromatic N) is 2. The molecule has 2 heterocycles. The molecule has 18 heavy (non-hydrogen) atoms. The minimum absolute atomic E-state index is 0.0147. The molecule has 3 N–H and O–H groups in total. The van der Waals surface area contributed by atoms with E-state index in [1.54, 1.807) is 12.1 Å². The molecule has 0 amide bonds. The number of ether oxygens (including phenoxy) is 1. The van der Waals surface area contributed by atoms with Gasteiger partial charge < -0.3 is 24.9 Å². The summed E-state index contributed by atoms with van der Waals surface area (Å²) in [5, 5.41) is 9.33. The van der Waals surface area contributed by atoms with Crippen LogP contribution in [0.5, 0.6) is 0 Å². The Bertz CT molecular complexity index is 554. The third-order valence-corrected chi connectivity index (χ3v) is 3.09. The third-order valence-electron chi connectivity index (χ3n) is 3.09. The van der Waals surface area contributed by atoms with E-state index in [0.717, 1.165) is 5.52 Å². The summed E-state index contributed by atoms with van der Waals surface area (Å²) in [5.74, 6) is 0. The Labute approximate surface area is 104 Å². The van der Waals surface area contributed by atoms with Crippen LogP contribution in [0.4, 0.5) is 11.7 Å². The van der Waals surface area contributed by atoms with Crippen LogP contribution >= 0.6 is 0 Å². The maximum absolute atomic E-state index is 9.33. The highest BCUT2D eigenvalue weighted by molar-refractivity contribution is 5.78. The molecule has 6 nitrogen and oxygen atoms in total. The lowest BCUT2D eigenvalue weighted by Gasteiger charge is -2.32. The average molecular weight is 249 g/mol. The van der Waals surface area contributed by atoms with Gasteiger partial charge in [-0.05, 0) is 12.1 Å². The Morgan fingerprint density at radius 1 is 1.50 bits per heavy atom. The van der Waals surface area contributed by atoms with Gasteiger partial charge in [0.15, 0.2) is 5.58 Å². The number of rotatable bonds is 2. The van der Waals surface area contributed by atoms with Crippen molar-refractivity contribution in [3.05, 3.63) is 18.2 Å². The molecule has 0 saturated carbocycles. The number of aromatic nitrogens is 1. The minimum atomic E-state index is -0.107. The van der Waals surface area contributed by atoms with Crippen LogP contribution in [-0.4, -0.2) is 42.5 Å². The highest BCUT2D eigenvalue weighted by atomic mass is 16.5. The molecule has 0 spiro atoms. The highest BCUT2D eigenvalue weighted by Gasteiger charge is 2.26. The van der Waals surface area contributed by atoms with Crippen molar-refractivity contribution in [2.24, 2.45) is 0 Å². The molecule has 0 radical (unpaired) electrons. The van der Waals surface area contributed by atoms with Crippen molar-refractivity contribution in [1.82, 2.24) is 4.98 Å². The van der Waals surface area contributed by atoms with Crippen molar-refractivity contribution in [3.8, 4) is 0 Å². The van der Waals surface area contributed by atoms with Gasteiger partial charge in [-0.3, -0.25) is 0 Å². The molecule has 1 aliphatic heterocycles. The molecule has 1 aromatic carbocycles. The predicted octanol–water partition coefficient (Wildman–Crippen LogP) is 0.607. The number of hydrogen-bond acceptors (Lipinski definition) is 6. The summed E-state index contributed by atoms with van der Waals surface area (Å²) in [7, 11) is 0. The first-order valence-electron chi connectivity index (χ1n) is 5.89. The molecule has 1 aromatic heterocycles. The van der Waals surface area contributed by atoms with Crippen LogP contribution in [0, 0.1) is 0 Å². The fourth-order valence-corrected chi connectivity index (χ4v) is 2.11. The van der Waals surface area contributed by atoms with E-state index in [9.17, 15) is 5.11 Å². The first kappa shape index (κ1) is 11.3. The second-order valence-electron chi connectivity index (χ2n) is 4.33. The van der Waals surface area contributed by atoms with Gasteiger partial charge in [-0.25, -0.2) is 0 Å². The van der Waals surface area contributed by atoms with Crippen LogP contribution < -0.4 is 10.6 Å². The first-order valence-corrected chi connectivity index (χ1v) is 5.89. The highest BCUT2D eigenvalue weighted by Crippen LogP contribution is 2.25. The summed E-state index contributed by atoms with van der Waals surface area (Å²) in [6.07, 6.45) is 0. The van der Waals surface area contributed by atoms with Gasteiger partial charge in [0.25, 0.3) is 6.01 Å².